The molecule has 0 saturated carbocycles. The van der Waals surface area contributed by atoms with Crippen LogP contribution in [0, 0.1) is 0 Å². The molecule has 19 heavy (non-hydrogen) atoms. The summed E-state index contributed by atoms with van der Waals surface area (Å²) in [4.78, 5) is 0. The standard InChI is InChI=1S/C15H19NO3/c17-16-15-6-3-11-10-13(4-5-14(11)15)19-9-7-12-2-1-8-18-12/h4-5,10,12,17H,1-3,6-9H2/b16-15-. The number of hydrogen-bond acceptors (Lipinski definition) is 4. The minimum absolute atomic E-state index is 0.377. The Hall–Kier alpha value is -1.55. The van der Waals surface area contributed by atoms with Gasteiger partial charge in [-0.25, -0.2) is 0 Å². The van der Waals surface area contributed by atoms with Gasteiger partial charge in [-0.2, -0.15) is 0 Å². The Bertz CT molecular complexity index is 478. The Morgan fingerprint density at radius 3 is 3.11 bits per heavy atom. The van der Waals surface area contributed by atoms with Crippen LogP contribution in [0.25, 0.3) is 0 Å². The van der Waals surface area contributed by atoms with Gasteiger partial charge in [0.05, 0.1) is 18.4 Å². The molecule has 102 valence electrons. The lowest BCUT2D eigenvalue weighted by molar-refractivity contribution is 0.0903. The second-order valence-electron chi connectivity index (χ2n) is 5.14. The van der Waals surface area contributed by atoms with E-state index in [9.17, 15) is 0 Å². The third-order valence-corrected chi connectivity index (χ3v) is 3.87. The molecule has 0 bridgehead atoms. The van der Waals surface area contributed by atoms with Crippen LogP contribution in [0.4, 0.5) is 0 Å². The number of benzene rings is 1. The Labute approximate surface area is 113 Å². The van der Waals surface area contributed by atoms with Crippen molar-refractivity contribution < 1.29 is 14.7 Å². The van der Waals surface area contributed by atoms with Gasteiger partial charge in [-0.1, -0.05) is 5.16 Å². The molecule has 4 heteroatoms. The van der Waals surface area contributed by atoms with Gasteiger partial charge in [0.1, 0.15) is 5.75 Å². The molecular weight excluding hydrogens is 242 g/mol. The van der Waals surface area contributed by atoms with E-state index in [1.807, 2.05) is 12.1 Å². The number of hydrogen-bond donors (Lipinski definition) is 1. The maximum Gasteiger partial charge on any atom is 0.119 e. The average molecular weight is 261 g/mol. The molecule has 0 spiro atoms. The molecule has 0 amide bonds. The van der Waals surface area contributed by atoms with Crippen LogP contribution in [0.15, 0.2) is 23.4 Å². The first kappa shape index (κ1) is 12.5. The zero-order valence-corrected chi connectivity index (χ0v) is 11.0. The molecule has 1 aliphatic carbocycles. The summed E-state index contributed by atoms with van der Waals surface area (Å²) in [5.74, 6) is 0.899. The van der Waals surface area contributed by atoms with Gasteiger partial charge in [-0.3, -0.25) is 0 Å². The number of ether oxygens (including phenoxy) is 2. The minimum Gasteiger partial charge on any atom is -0.493 e. The summed E-state index contributed by atoms with van der Waals surface area (Å²) in [5, 5.41) is 12.2. The third-order valence-electron chi connectivity index (χ3n) is 3.87. The highest BCUT2D eigenvalue weighted by Crippen LogP contribution is 2.27. The molecule has 1 aromatic carbocycles. The van der Waals surface area contributed by atoms with Crippen molar-refractivity contribution in [2.75, 3.05) is 13.2 Å². The second-order valence-corrected chi connectivity index (χ2v) is 5.14. The lowest BCUT2D eigenvalue weighted by atomic mass is 10.1. The summed E-state index contributed by atoms with van der Waals surface area (Å²) < 4.78 is 11.3. The number of oxime groups is 1. The quantitative estimate of drug-likeness (QED) is 0.669. The van der Waals surface area contributed by atoms with E-state index >= 15 is 0 Å². The van der Waals surface area contributed by atoms with E-state index in [4.69, 9.17) is 14.7 Å². The zero-order valence-electron chi connectivity index (χ0n) is 11.0. The Morgan fingerprint density at radius 2 is 2.32 bits per heavy atom. The van der Waals surface area contributed by atoms with Crippen LogP contribution >= 0.6 is 0 Å². The Kier molecular flexibility index (Phi) is 3.69. The van der Waals surface area contributed by atoms with Crippen LogP contribution in [0.3, 0.4) is 0 Å². The molecule has 4 nitrogen and oxygen atoms in total. The number of fused-ring (bicyclic) bond motifs is 1. The number of rotatable bonds is 4. The molecule has 1 saturated heterocycles. The third kappa shape index (κ3) is 2.73. The van der Waals surface area contributed by atoms with Crippen LogP contribution < -0.4 is 4.74 Å². The molecule has 3 rings (SSSR count). The molecule has 1 N–H and O–H groups in total. The molecule has 0 aromatic heterocycles. The van der Waals surface area contributed by atoms with Gasteiger partial charge in [0.2, 0.25) is 0 Å². The van der Waals surface area contributed by atoms with Gasteiger partial charge in [0, 0.05) is 18.6 Å². The molecule has 1 aromatic rings. The summed E-state index contributed by atoms with van der Waals surface area (Å²) in [6.07, 6.45) is 5.41. The molecule has 1 heterocycles. The summed E-state index contributed by atoms with van der Waals surface area (Å²) in [6.45, 7) is 1.59. The Balaban J connectivity index is 1.57. The highest BCUT2D eigenvalue weighted by atomic mass is 16.5. The van der Waals surface area contributed by atoms with Crippen molar-refractivity contribution in [2.45, 2.75) is 38.2 Å². The van der Waals surface area contributed by atoms with Crippen molar-refractivity contribution in [3.8, 4) is 5.75 Å². The van der Waals surface area contributed by atoms with E-state index in [0.29, 0.717) is 12.7 Å². The summed E-state index contributed by atoms with van der Waals surface area (Å²) >= 11 is 0. The van der Waals surface area contributed by atoms with Crippen molar-refractivity contribution in [1.82, 2.24) is 0 Å². The summed E-state index contributed by atoms with van der Waals surface area (Å²) in [6, 6.07) is 5.99. The highest BCUT2D eigenvalue weighted by molar-refractivity contribution is 6.04. The molecule has 1 fully saturated rings. The predicted octanol–water partition coefficient (Wildman–Crippen LogP) is 2.76. The topological polar surface area (TPSA) is 51.1 Å². The molecule has 1 aliphatic heterocycles. The van der Waals surface area contributed by atoms with Crippen LogP contribution in [0.2, 0.25) is 0 Å². The van der Waals surface area contributed by atoms with Crippen molar-refractivity contribution in [2.24, 2.45) is 5.16 Å². The maximum atomic E-state index is 8.89. The first-order valence-corrected chi connectivity index (χ1v) is 6.95. The van der Waals surface area contributed by atoms with E-state index in [1.165, 1.54) is 12.0 Å². The molecule has 1 atom stereocenters. The molecule has 2 aliphatic rings. The van der Waals surface area contributed by atoms with E-state index in [0.717, 1.165) is 49.3 Å². The van der Waals surface area contributed by atoms with Crippen molar-refractivity contribution >= 4 is 5.71 Å². The maximum absolute atomic E-state index is 8.89. The Morgan fingerprint density at radius 1 is 1.37 bits per heavy atom. The van der Waals surface area contributed by atoms with Gasteiger partial charge >= 0.3 is 0 Å². The van der Waals surface area contributed by atoms with Crippen LogP contribution in [-0.4, -0.2) is 30.2 Å². The van der Waals surface area contributed by atoms with Gasteiger partial charge in [0.15, 0.2) is 0 Å². The average Bonchev–Trinajstić information content (AvgIpc) is 3.07. The van der Waals surface area contributed by atoms with Crippen molar-refractivity contribution in [1.29, 1.82) is 0 Å². The number of nitrogens with zero attached hydrogens (tertiary/aromatic N) is 1. The van der Waals surface area contributed by atoms with Crippen molar-refractivity contribution in [3.63, 3.8) is 0 Å². The van der Waals surface area contributed by atoms with E-state index < -0.39 is 0 Å². The zero-order chi connectivity index (χ0) is 13.1. The van der Waals surface area contributed by atoms with Crippen LogP contribution in [0.1, 0.15) is 36.8 Å². The smallest absolute Gasteiger partial charge is 0.119 e. The highest BCUT2D eigenvalue weighted by Gasteiger charge is 2.19. The van der Waals surface area contributed by atoms with E-state index in [-0.39, 0.29) is 0 Å². The van der Waals surface area contributed by atoms with E-state index in [1.54, 1.807) is 0 Å². The SMILES string of the molecule is O/N=C1/CCc2cc(OCCC3CCCO3)ccc21. The largest absolute Gasteiger partial charge is 0.493 e. The summed E-state index contributed by atoms with van der Waals surface area (Å²) in [7, 11) is 0. The molecule has 1 unspecified atom stereocenters. The van der Waals surface area contributed by atoms with Gasteiger partial charge < -0.3 is 14.7 Å². The predicted molar refractivity (Wildman–Crippen MR) is 72.2 cm³/mol. The monoisotopic (exact) mass is 261 g/mol. The van der Waals surface area contributed by atoms with E-state index in [2.05, 4.69) is 11.2 Å². The lowest BCUT2D eigenvalue weighted by Gasteiger charge is -2.11. The fourth-order valence-corrected chi connectivity index (χ4v) is 2.82. The first-order valence-electron chi connectivity index (χ1n) is 6.95. The number of aryl methyl sites for hydroxylation is 1. The van der Waals surface area contributed by atoms with Crippen molar-refractivity contribution in [3.05, 3.63) is 29.3 Å². The fourth-order valence-electron chi connectivity index (χ4n) is 2.82. The van der Waals surface area contributed by atoms with Crippen LogP contribution in [0.5, 0.6) is 5.75 Å². The fraction of sp³-hybridized carbons (Fsp3) is 0.533. The normalized spacial score (nSPS) is 23.8. The first-order chi connectivity index (χ1) is 9.36. The summed E-state index contributed by atoms with van der Waals surface area (Å²) in [5.41, 5.74) is 3.04. The van der Waals surface area contributed by atoms with Gasteiger partial charge in [-0.05, 0) is 49.4 Å². The van der Waals surface area contributed by atoms with Gasteiger partial charge in [-0.15, -0.1) is 0 Å². The minimum atomic E-state index is 0.377. The molecule has 0 radical (unpaired) electrons. The second kappa shape index (κ2) is 5.61. The lowest BCUT2D eigenvalue weighted by Crippen LogP contribution is -2.10. The van der Waals surface area contributed by atoms with Crippen LogP contribution in [-0.2, 0) is 11.2 Å². The molecular formula is C15H19NO3. The van der Waals surface area contributed by atoms with Gasteiger partial charge in [0.25, 0.3) is 0 Å².